The van der Waals surface area contributed by atoms with Crippen LogP contribution in [0.4, 0.5) is 0 Å². The molecule has 0 N–H and O–H groups in total. The summed E-state index contributed by atoms with van der Waals surface area (Å²) in [4.78, 5) is 28.5. The summed E-state index contributed by atoms with van der Waals surface area (Å²) < 4.78 is 26.6. The van der Waals surface area contributed by atoms with Crippen molar-refractivity contribution in [3.05, 3.63) is 16.5 Å². The van der Waals surface area contributed by atoms with Crippen LogP contribution in [0.25, 0.3) is 0 Å². The van der Waals surface area contributed by atoms with Gasteiger partial charge in [-0.3, -0.25) is 9.59 Å². The normalized spacial score (nSPS) is 19.1. The Morgan fingerprint density at radius 3 is 2.30 bits per heavy atom. The molecule has 10 heteroatoms. The molecule has 1 aliphatic heterocycles. The van der Waals surface area contributed by atoms with Crippen LogP contribution >= 0.6 is 22.9 Å². The van der Waals surface area contributed by atoms with E-state index in [4.69, 9.17) is 11.6 Å². The van der Waals surface area contributed by atoms with Crippen LogP contribution in [-0.2, 0) is 19.6 Å². The highest BCUT2D eigenvalue weighted by Gasteiger charge is 2.32. The fourth-order valence-electron chi connectivity index (χ4n) is 3.57. The molecule has 0 spiro atoms. The van der Waals surface area contributed by atoms with Gasteiger partial charge in [-0.2, -0.15) is 4.31 Å². The van der Waals surface area contributed by atoms with Gasteiger partial charge in [0.1, 0.15) is 4.21 Å². The van der Waals surface area contributed by atoms with Gasteiger partial charge < -0.3 is 9.80 Å². The number of rotatable bonds is 5. The van der Waals surface area contributed by atoms with Gasteiger partial charge in [0.25, 0.3) is 10.0 Å². The number of piperazine rings is 1. The van der Waals surface area contributed by atoms with Crippen molar-refractivity contribution < 1.29 is 18.0 Å². The van der Waals surface area contributed by atoms with Crippen molar-refractivity contribution in [3.63, 3.8) is 0 Å². The smallest absolute Gasteiger partial charge is 0.252 e. The fraction of sp³-hybridized carbons (Fsp3) is 0.647. The zero-order chi connectivity index (χ0) is 19.6. The molecule has 2 amide bonds. The molecule has 1 aromatic rings. The van der Waals surface area contributed by atoms with Gasteiger partial charge in [0.2, 0.25) is 11.8 Å². The number of nitrogens with zero attached hydrogens (tertiary/aromatic N) is 3. The quantitative estimate of drug-likeness (QED) is 0.710. The molecule has 2 fully saturated rings. The molecule has 0 aromatic carbocycles. The molecule has 27 heavy (non-hydrogen) atoms. The Balaban J connectivity index is 1.52. The highest BCUT2D eigenvalue weighted by molar-refractivity contribution is 7.91. The van der Waals surface area contributed by atoms with E-state index in [9.17, 15) is 18.0 Å². The van der Waals surface area contributed by atoms with Crippen molar-refractivity contribution in [2.45, 2.75) is 29.9 Å². The van der Waals surface area contributed by atoms with Gasteiger partial charge in [-0.15, -0.1) is 11.3 Å². The van der Waals surface area contributed by atoms with Crippen molar-refractivity contribution in [2.75, 3.05) is 39.8 Å². The van der Waals surface area contributed by atoms with Gasteiger partial charge in [0.05, 0.1) is 10.9 Å². The van der Waals surface area contributed by atoms with Crippen molar-refractivity contribution in [2.24, 2.45) is 5.92 Å². The van der Waals surface area contributed by atoms with Crippen LogP contribution in [-0.4, -0.2) is 74.1 Å². The standard InChI is InChI=1S/C17H24ClN3O4S2/c1-19(27(24,25)16-7-6-14(18)26-16)12-15(22)20-8-10-21(11-9-20)17(23)13-4-2-3-5-13/h6-7,13H,2-5,8-12H2,1H3. The molecule has 2 aliphatic rings. The molecule has 3 rings (SSSR count). The first-order valence-corrected chi connectivity index (χ1v) is 11.7. The molecule has 0 radical (unpaired) electrons. The number of halogens is 1. The maximum Gasteiger partial charge on any atom is 0.252 e. The molecular formula is C17H24ClN3O4S2. The molecule has 1 aromatic heterocycles. The van der Waals surface area contributed by atoms with E-state index in [1.807, 2.05) is 4.90 Å². The van der Waals surface area contributed by atoms with Crippen LogP contribution in [0.15, 0.2) is 16.3 Å². The Kier molecular flexibility index (Phi) is 6.45. The summed E-state index contributed by atoms with van der Waals surface area (Å²) in [7, 11) is -2.34. The van der Waals surface area contributed by atoms with Gasteiger partial charge >= 0.3 is 0 Å². The molecule has 1 aliphatic carbocycles. The van der Waals surface area contributed by atoms with E-state index in [0.29, 0.717) is 30.5 Å². The monoisotopic (exact) mass is 433 g/mol. The molecular weight excluding hydrogens is 410 g/mol. The number of hydrogen-bond donors (Lipinski definition) is 0. The van der Waals surface area contributed by atoms with E-state index in [1.165, 1.54) is 19.2 Å². The van der Waals surface area contributed by atoms with Crippen LogP contribution in [0.2, 0.25) is 4.34 Å². The predicted molar refractivity (Wildman–Crippen MR) is 104 cm³/mol. The molecule has 0 bridgehead atoms. The Morgan fingerprint density at radius 2 is 1.74 bits per heavy atom. The van der Waals surface area contributed by atoms with Crippen LogP contribution in [0.5, 0.6) is 0 Å². The topological polar surface area (TPSA) is 78.0 Å². The van der Waals surface area contributed by atoms with Gasteiger partial charge in [0.15, 0.2) is 0 Å². The average Bonchev–Trinajstić information content (AvgIpc) is 3.33. The number of amides is 2. The van der Waals surface area contributed by atoms with Gasteiger partial charge in [0, 0.05) is 39.1 Å². The summed E-state index contributed by atoms with van der Waals surface area (Å²) in [6.07, 6.45) is 4.16. The van der Waals surface area contributed by atoms with E-state index in [2.05, 4.69) is 0 Å². The first kappa shape index (κ1) is 20.6. The van der Waals surface area contributed by atoms with Crippen LogP contribution in [0, 0.1) is 5.92 Å². The number of carbonyl (C=O) groups excluding carboxylic acids is 2. The minimum atomic E-state index is -3.73. The number of thiophene rings is 1. The first-order valence-electron chi connectivity index (χ1n) is 9.07. The number of hydrogen-bond acceptors (Lipinski definition) is 5. The summed E-state index contributed by atoms with van der Waals surface area (Å²) in [6, 6.07) is 2.96. The molecule has 2 heterocycles. The summed E-state index contributed by atoms with van der Waals surface area (Å²) in [5.74, 6) is 0.0895. The molecule has 0 unspecified atom stereocenters. The largest absolute Gasteiger partial charge is 0.339 e. The lowest BCUT2D eigenvalue weighted by molar-refractivity contribution is -0.142. The number of carbonyl (C=O) groups is 2. The minimum Gasteiger partial charge on any atom is -0.339 e. The van der Waals surface area contributed by atoms with Crippen molar-refractivity contribution >= 4 is 44.8 Å². The van der Waals surface area contributed by atoms with E-state index in [1.54, 1.807) is 4.90 Å². The Morgan fingerprint density at radius 1 is 1.15 bits per heavy atom. The van der Waals surface area contributed by atoms with E-state index >= 15 is 0 Å². The summed E-state index contributed by atoms with van der Waals surface area (Å²) in [6.45, 7) is 1.68. The minimum absolute atomic E-state index is 0.120. The van der Waals surface area contributed by atoms with Gasteiger partial charge in [-0.1, -0.05) is 24.4 Å². The molecule has 150 valence electrons. The second-order valence-corrected chi connectivity index (χ2v) is 11.0. The van der Waals surface area contributed by atoms with Crippen LogP contribution < -0.4 is 0 Å². The fourth-order valence-corrected chi connectivity index (χ4v) is 6.39. The molecule has 0 atom stereocenters. The van der Waals surface area contributed by atoms with Crippen molar-refractivity contribution in [3.8, 4) is 0 Å². The third kappa shape index (κ3) is 4.64. The molecule has 7 nitrogen and oxygen atoms in total. The number of sulfonamides is 1. The van der Waals surface area contributed by atoms with Crippen LogP contribution in [0.1, 0.15) is 25.7 Å². The Bertz CT molecular complexity index is 797. The number of likely N-dealkylation sites (N-methyl/N-ethyl adjacent to an activating group) is 1. The SMILES string of the molecule is CN(CC(=O)N1CCN(C(=O)C2CCCC2)CC1)S(=O)(=O)c1ccc(Cl)s1. The van der Waals surface area contributed by atoms with Gasteiger partial charge in [-0.05, 0) is 25.0 Å². The average molecular weight is 434 g/mol. The first-order chi connectivity index (χ1) is 12.8. The van der Waals surface area contributed by atoms with E-state index < -0.39 is 10.0 Å². The highest BCUT2D eigenvalue weighted by atomic mass is 35.5. The zero-order valence-corrected chi connectivity index (χ0v) is 17.7. The Hall–Kier alpha value is -1.16. The third-order valence-corrected chi connectivity index (χ3v) is 8.72. The lowest BCUT2D eigenvalue weighted by Crippen LogP contribution is -2.53. The third-order valence-electron chi connectivity index (χ3n) is 5.22. The second kappa shape index (κ2) is 8.46. The molecule has 1 saturated carbocycles. The van der Waals surface area contributed by atoms with E-state index in [0.717, 1.165) is 41.3 Å². The summed E-state index contributed by atoms with van der Waals surface area (Å²) in [5.41, 5.74) is 0. The predicted octanol–water partition coefficient (Wildman–Crippen LogP) is 1.88. The summed E-state index contributed by atoms with van der Waals surface area (Å²) in [5, 5.41) is 0. The second-order valence-electron chi connectivity index (χ2n) is 7.01. The van der Waals surface area contributed by atoms with Crippen LogP contribution in [0.3, 0.4) is 0 Å². The van der Waals surface area contributed by atoms with Gasteiger partial charge in [-0.25, -0.2) is 8.42 Å². The van der Waals surface area contributed by atoms with E-state index in [-0.39, 0.29) is 28.5 Å². The molecule has 1 saturated heterocycles. The highest BCUT2D eigenvalue weighted by Crippen LogP contribution is 2.28. The zero-order valence-electron chi connectivity index (χ0n) is 15.3. The maximum absolute atomic E-state index is 12.5. The van der Waals surface area contributed by atoms with Crippen molar-refractivity contribution in [1.82, 2.24) is 14.1 Å². The van der Waals surface area contributed by atoms with Crippen molar-refractivity contribution in [1.29, 1.82) is 0 Å². The maximum atomic E-state index is 12.5. The lowest BCUT2D eigenvalue weighted by atomic mass is 10.1. The lowest BCUT2D eigenvalue weighted by Gasteiger charge is -2.36. The summed E-state index contributed by atoms with van der Waals surface area (Å²) >= 11 is 6.78. The Labute approximate surface area is 168 Å².